The van der Waals surface area contributed by atoms with Gasteiger partial charge in [0, 0.05) is 35.3 Å². The van der Waals surface area contributed by atoms with Gasteiger partial charge in [-0.2, -0.15) is 0 Å². The van der Waals surface area contributed by atoms with E-state index in [0.717, 1.165) is 54.8 Å². The highest BCUT2D eigenvalue weighted by Gasteiger charge is 2.34. The second-order valence-electron chi connectivity index (χ2n) is 9.92. The largest absolute Gasteiger partial charge is 0.427 e. The highest BCUT2D eigenvalue weighted by Crippen LogP contribution is 2.46. The van der Waals surface area contributed by atoms with Crippen LogP contribution in [0.4, 0.5) is 10.5 Å². The molecule has 2 saturated heterocycles. The molecule has 3 aromatic rings. The number of nitrogens with zero attached hydrogens (tertiary/aromatic N) is 2. The summed E-state index contributed by atoms with van der Waals surface area (Å²) in [6.07, 6.45) is 3.33. The summed E-state index contributed by atoms with van der Waals surface area (Å²) >= 11 is 13.0. The molecular formula is C27H28Cl2N4O4. The van der Waals surface area contributed by atoms with Gasteiger partial charge >= 0.3 is 6.09 Å². The summed E-state index contributed by atoms with van der Waals surface area (Å²) < 4.78 is 12.2. The number of rotatable bonds is 7. The first kappa shape index (κ1) is 24.6. The first-order valence-corrected chi connectivity index (χ1v) is 13.4. The van der Waals surface area contributed by atoms with Crippen LogP contribution >= 0.6 is 23.2 Å². The Morgan fingerprint density at radius 1 is 1.11 bits per heavy atom. The quantitative estimate of drug-likeness (QED) is 0.359. The summed E-state index contributed by atoms with van der Waals surface area (Å²) in [5.74, 6) is 1.29. The van der Waals surface area contributed by atoms with Crippen molar-refractivity contribution in [3.8, 4) is 11.3 Å². The van der Waals surface area contributed by atoms with Crippen LogP contribution in [0.3, 0.4) is 0 Å². The van der Waals surface area contributed by atoms with Crippen molar-refractivity contribution in [1.82, 2.24) is 16.0 Å². The molecule has 0 radical (unpaired) electrons. The molecule has 10 heteroatoms. The molecule has 2 aromatic carbocycles. The summed E-state index contributed by atoms with van der Waals surface area (Å²) in [6, 6.07) is 13.9. The molecule has 1 aromatic heterocycles. The monoisotopic (exact) mass is 542 g/mol. The lowest BCUT2D eigenvalue weighted by Crippen LogP contribution is -2.43. The van der Waals surface area contributed by atoms with Crippen LogP contribution in [0, 0.1) is 0 Å². The van der Waals surface area contributed by atoms with Crippen molar-refractivity contribution in [2.24, 2.45) is 0 Å². The van der Waals surface area contributed by atoms with Crippen LogP contribution in [-0.4, -0.2) is 29.9 Å². The van der Waals surface area contributed by atoms with Crippen LogP contribution in [0.15, 0.2) is 47.0 Å². The number of carbonyl (C=O) groups is 1. The van der Waals surface area contributed by atoms with Gasteiger partial charge in [0.2, 0.25) is 0 Å². The Morgan fingerprint density at radius 2 is 1.86 bits per heavy atom. The number of amides is 1. The molecular weight excluding hydrogens is 515 g/mol. The van der Waals surface area contributed by atoms with Crippen LogP contribution in [0.5, 0.6) is 0 Å². The lowest BCUT2D eigenvalue weighted by Gasteiger charge is -2.39. The predicted octanol–water partition coefficient (Wildman–Crippen LogP) is 6.34. The summed E-state index contributed by atoms with van der Waals surface area (Å²) in [5.41, 5.74) is 7.10. The number of carbonyl (C=O) groups excluding carboxylic acids is 1. The fraction of sp³-hybridized carbons (Fsp3) is 0.407. The van der Waals surface area contributed by atoms with Crippen LogP contribution < -0.4 is 15.7 Å². The Morgan fingerprint density at radius 3 is 2.51 bits per heavy atom. The fourth-order valence-electron chi connectivity index (χ4n) is 5.21. The molecule has 194 valence electrons. The van der Waals surface area contributed by atoms with E-state index in [1.54, 1.807) is 0 Å². The number of hydrogen-bond acceptors (Lipinski definition) is 7. The van der Waals surface area contributed by atoms with E-state index in [9.17, 15) is 4.79 Å². The van der Waals surface area contributed by atoms with Crippen molar-refractivity contribution >= 4 is 35.0 Å². The molecule has 2 N–H and O–H groups in total. The van der Waals surface area contributed by atoms with Crippen molar-refractivity contribution in [2.45, 2.75) is 63.4 Å². The van der Waals surface area contributed by atoms with Gasteiger partial charge in [-0.1, -0.05) is 46.6 Å². The van der Waals surface area contributed by atoms with Gasteiger partial charge in [-0.15, -0.1) is 5.48 Å². The Hall–Kier alpha value is -2.78. The third-order valence-electron chi connectivity index (χ3n) is 7.35. The highest BCUT2D eigenvalue weighted by molar-refractivity contribution is 6.39. The maximum Gasteiger partial charge on any atom is 0.427 e. The normalized spacial score (nSPS) is 23.7. The minimum atomic E-state index is -0.470. The molecule has 1 amide bonds. The maximum absolute atomic E-state index is 11.3. The summed E-state index contributed by atoms with van der Waals surface area (Å²) in [5, 5.41) is 8.19. The minimum Gasteiger partial charge on any atom is -0.373 e. The van der Waals surface area contributed by atoms with E-state index in [-0.39, 0.29) is 12.3 Å². The molecule has 3 atom stereocenters. The average Bonchev–Trinajstić information content (AvgIpc) is 3.51. The second kappa shape index (κ2) is 10.2. The maximum atomic E-state index is 11.3. The summed E-state index contributed by atoms with van der Waals surface area (Å²) in [6.45, 7) is 3.52. The van der Waals surface area contributed by atoms with Gasteiger partial charge in [-0.05, 0) is 62.4 Å². The number of hydrogen-bond donors (Lipinski definition) is 2. The minimum absolute atomic E-state index is 0.122. The van der Waals surface area contributed by atoms with E-state index >= 15 is 0 Å². The standard InChI is InChI=1S/C27H28Cl2N4O4/c1-15-13-19(11-12-33(15)18-9-7-17(8-10-18)26-30-27(34)37-32-26)35-14-20-24(31-36-25(20)16-5-6-16)23-21(28)3-2-4-22(23)29/h2-4,7-10,15-16,19,26,32H,5-6,11-14H2,1H3,(H,30,34)/t15-,19+,26?/m1/s1. The van der Waals surface area contributed by atoms with Crippen molar-refractivity contribution < 1.29 is 18.9 Å². The molecule has 1 aliphatic carbocycles. The van der Waals surface area contributed by atoms with E-state index in [2.05, 4.69) is 39.9 Å². The zero-order chi connectivity index (χ0) is 25.5. The molecule has 1 saturated carbocycles. The third-order valence-corrected chi connectivity index (χ3v) is 7.98. The Labute approximate surface area is 225 Å². The molecule has 1 unspecified atom stereocenters. The van der Waals surface area contributed by atoms with Crippen LogP contribution in [0.1, 0.15) is 61.6 Å². The summed E-state index contributed by atoms with van der Waals surface area (Å²) in [4.78, 5) is 18.4. The zero-order valence-corrected chi connectivity index (χ0v) is 21.9. The Bertz CT molecular complexity index is 1270. The summed E-state index contributed by atoms with van der Waals surface area (Å²) in [7, 11) is 0. The van der Waals surface area contributed by atoms with E-state index in [1.165, 1.54) is 0 Å². The molecule has 3 aliphatic rings. The number of halogens is 2. The van der Waals surface area contributed by atoms with Gasteiger partial charge in [0.05, 0.1) is 22.8 Å². The molecule has 37 heavy (non-hydrogen) atoms. The van der Waals surface area contributed by atoms with Crippen molar-refractivity contribution in [3.05, 3.63) is 69.4 Å². The number of hydroxylamine groups is 1. The van der Waals surface area contributed by atoms with Crippen LogP contribution in [-0.2, 0) is 16.2 Å². The molecule has 6 rings (SSSR count). The molecule has 0 spiro atoms. The number of anilines is 1. The van der Waals surface area contributed by atoms with E-state index < -0.39 is 6.09 Å². The van der Waals surface area contributed by atoms with E-state index in [1.807, 2.05) is 30.3 Å². The van der Waals surface area contributed by atoms with Gasteiger partial charge in [-0.3, -0.25) is 5.32 Å². The van der Waals surface area contributed by atoms with Gasteiger partial charge in [0.1, 0.15) is 17.6 Å². The van der Waals surface area contributed by atoms with Gasteiger partial charge in [-0.25, -0.2) is 4.79 Å². The van der Waals surface area contributed by atoms with E-state index in [4.69, 9.17) is 37.3 Å². The van der Waals surface area contributed by atoms with Gasteiger partial charge in [0.25, 0.3) is 0 Å². The topological polar surface area (TPSA) is 88.9 Å². The van der Waals surface area contributed by atoms with Crippen LogP contribution in [0.2, 0.25) is 10.0 Å². The van der Waals surface area contributed by atoms with Gasteiger partial charge < -0.3 is 19.0 Å². The lowest BCUT2D eigenvalue weighted by molar-refractivity contribution is 0.0175. The Balaban J connectivity index is 1.12. The average molecular weight is 543 g/mol. The number of aromatic nitrogens is 1. The smallest absolute Gasteiger partial charge is 0.373 e. The first-order valence-electron chi connectivity index (χ1n) is 12.6. The number of nitrogens with one attached hydrogen (secondary N) is 2. The predicted molar refractivity (Wildman–Crippen MR) is 140 cm³/mol. The number of benzene rings is 2. The first-order chi connectivity index (χ1) is 18.0. The SMILES string of the molecule is C[C@@H]1C[C@@H](OCc2c(-c3c(Cl)cccc3Cl)noc2C2CC2)CCN1c1ccc(C2NOC(=O)N2)cc1. The lowest BCUT2D eigenvalue weighted by atomic mass is 9.99. The molecule has 2 aliphatic heterocycles. The second-order valence-corrected chi connectivity index (χ2v) is 10.7. The molecule has 0 bridgehead atoms. The van der Waals surface area contributed by atoms with Crippen LogP contribution in [0.25, 0.3) is 11.3 Å². The highest BCUT2D eigenvalue weighted by atomic mass is 35.5. The number of piperidine rings is 1. The third kappa shape index (κ3) is 5.03. The number of ether oxygens (including phenoxy) is 1. The fourth-order valence-corrected chi connectivity index (χ4v) is 5.79. The molecule has 3 heterocycles. The van der Waals surface area contributed by atoms with Crippen molar-refractivity contribution in [2.75, 3.05) is 11.4 Å². The van der Waals surface area contributed by atoms with Crippen molar-refractivity contribution in [1.29, 1.82) is 0 Å². The van der Waals surface area contributed by atoms with Gasteiger partial charge in [0.15, 0.2) is 0 Å². The van der Waals surface area contributed by atoms with E-state index in [0.29, 0.717) is 39.9 Å². The zero-order valence-electron chi connectivity index (χ0n) is 20.4. The molecule has 8 nitrogen and oxygen atoms in total. The van der Waals surface area contributed by atoms with Crippen molar-refractivity contribution in [3.63, 3.8) is 0 Å². The Kier molecular flexibility index (Phi) is 6.75. The molecule has 3 fully saturated rings.